The highest BCUT2D eigenvalue weighted by atomic mass is 16.5. The third kappa shape index (κ3) is 8.19. The number of hydrogen-bond donors (Lipinski definition) is 3. The molecule has 1 saturated heterocycles. The molecular formula is C30H40N4O6. The molecule has 1 fully saturated rings. The molecule has 10 nitrogen and oxygen atoms in total. The number of nitrogens with one attached hydrogen (secondary N) is 1. The van der Waals surface area contributed by atoms with Crippen molar-refractivity contribution in [2.45, 2.75) is 70.7 Å². The van der Waals surface area contributed by atoms with E-state index in [2.05, 4.69) is 15.2 Å². The zero-order valence-electron chi connectivity index (χ0n) is 23.5. The molecule has 0 spiro atoms. The summed E-state index contributed by atoms with van der Waals surface area (Å²) in [5.41, 5.74) is 7.75. The van der Waals surface area contributed by atoms with Gasteiger partial charge in [-0.25, -0.2) is 9.79 Å². The van der Waals surface area contributed by atoms with Crippen LogP contribution in [0.5, 0.6) is 11.5 Å². The summed E-state index contributed by atoms with van der Waals surface area (Å²) in [5.74, 6) is 0.643. The number of guanidine groups is 1. The Morgan fingerprint density at radius 2 is 1.88 bits per heavy atom. The molecule has 4 N–H and O–H groups in total. The lowest BCUT2D eigenvalue weighted by Gasteiger charge is -2.41. The number of benzene rings is 2. The van der Waals surface area contributed by atoms with E-state index >= 15 is 0 Å². The number of rotatable bonds is 11. The van der Waals surface area contributed by atoms with E-state index in [1.807, 2.05) is 69.3 Å². The van der Waals surface area contributed by atoms with Gasteiger partial charge >= 0.3 is 5.97 Å². The highest BCUT2D eigenvalue weighted by molar-refractivity contribution is 5.85. The predicted molar refractivity (Wildman–Crippen MR) is 152 cm³/mol. The Hall–Kier alpha value is -3.63. The summed E-state index contributed by atoms with van der Waals surface area (Å²) in [6, 6.07) is 14.2. The lowest BCUT2D eigenvalue weighted by molar-refractivity contribution is -0.145. The highest BCUT2D eigenvalue weighted by Crippen LogP contribution is 2.35. The number of carbonyl (C=O) groups excluding carboxylic acids is 1. The van der Waals surface area contributed by atoms with Crippen LogP contribution in [0.1, 0.15) is 52.0 Å². The Morgan fingerprint density at radius 3 is 2.55 bits per heavy atom. The number of fused-ring (bicyclic) bond motifs is 1. The van der Waals surface area contributed by atoms with Crippen molar-refractivity contribution in [2.75, 3.05) is 19.8 Å². The number of ether oxygens (including phenoxy) is 3. The standard InChI is InChI=1S/C30H40N4O6/c1-30(2,3)39-19-25(28(36)37)32-27(35)12-11-26(20-13-15-38-16-14-20)34-18-21-17-23(9-10-24(21)33-29(34)31)40-22-7-5-4-6-8-22/h4-10,17,20,25-26H,11-16,18-19H2,1-3H3,(H2,31,33)(H,32,35)(H,36,37)/t25-,26+/m1/s1. The molecule has 10 heteroatoms. The minimum Gasteiger partial charge on any atom is -0.480 e. The number of carboxylic acids is 1. The molecule has 1 amide bonds. The van der Waals surface area contributed by atoms with Crippen LogP contribution in [-0.4, -0.2) is 65.3 Å². The summed E-state index contributed by atoms with van der Waals surface area (Å²) in [6.07, 6.45) is 2.33. The van der Waals surface area contributed by atoms with E-state index in [0.29, 0.717) is 37.9 Å². The van der Waals surface area contributed by atoms with Crippen molar-refractivity contribution >= 4 is 23.5 Å². The quantitative estimate of drug-likeness (QED) is 0.377. The van der Waals surface area contributed by atoms with E-state index in [9.17, 15) is 14.7 Å². The van der Waals surface area contributed by atoms with Crippen LogP contribution in [0.3, 0.4) is 0 Å². The minimum atomic E-state index is -1.13. The maximum Gasteiger partial charge on any atom is 0.328 e. The van der Waals surface area contributed by atoms with Gasteiger partial charge in [0.1, 0.15) is 11.5 Å². The molecule has 0 radical (unpaired) electrons. The fourth-order valence-electron chi connectivity index (χ4n) is 5.03. The second-order valence-electron chi connectivity index (χ2n) is 11.2. The van der Waals surface area contributed by atoms with Crippen LogP contribution in [0.4, 0.5) is 5.69 Å². The van der Waals surface area contributed by atoms with Crippen molar-refractivity contribution in [2.24, 2.45) is 16.6 Å². The first-order valence-corrected chi connectivity index (χ1v) is 13.8. The molecule has 0 aromatic heterocycles. The average molecular weight is 553 g/mol. The number of nitrogens with two attached hydrogens (primary N) is 1. The molecule has 2 heterocycles. The number of aliphatic imine (C=N–C) groups is 1. The number of nitrogens with zero attached hydrogens (tertiary/aromatic N) is 2. The van der Waals surface area contributed by atoms with Gasteiger partial charge in [-0.1, -0.05) is 18.2 Å². The zero-order chi connectivity index (χ0) is 28.7. The topological polar surface area (TPSA) is 136 Å². The number of aliphatic carboxylic acids is 1. The van der Waals surface area contributed by atoms with Gasteiger partial charge in [-0.2, -0.15) is 0 Å². The molecule has 0 aliphatic carbocycles. The van der Waals surface area contributed by atoms with E-state index < -0.39 is 17.6 Å². The zero-order valence-corrected chi connectivity index (χ0v) is 23.5. The Kier molecular flexibility index (Phi) is 9.65. The van der Waals surface area contributed by atoms with Crippen LogP contribution in [0.25, 0.3) is 0 Å². The summed E-state index contributed by atoms with van der Waals surface area (Å²) in [7, 11) is 0. The Labute approximate surface area is 235 Å². The van der Waals surface area contributed by atoms with Crippen molar-refractivity contribution in [1.29, 1.82) is 0 Å². The number of carboxylic acid groups (broad SMARTS) is 1. The third-order valence-electron chi connectivity index (χ3n) is 7.09. The minimum absolute atomic E-state index is 0.0700. The molecular weight excluding hydrogens is 512 g/mol. The van der Waals surface area contributed by atoms with Crippen LogP contribution in [0, 0.1) is 5.92 Å². The summed E-state index contributed by atoms with van der Waals surface area (Å²) in [6.45, 7) is 7.23. The molecule has 216 valence electrons. The van der Waals surface area contributed by atoms with Gasteiger partial charge in [0.15, 0.2) is 12.0 Å². The fraction of sp³-hybridized carbons (Fsp3) is 0.500. The predicted octanol–water partition coefficient (Wildman–Crippen LogP) is 4.20. The van der Waals surface area contributed by atoms with Crippen molar-refractivity contribution in [3.8, 4) is 11.5 Å². The first-order valence-electron chi connectivity index (χ1n) is 13.8. The van der Waals surface area contributed by atoms with E-state index in [-0.39, 0.29) is 30.9 Å². The second-order valence-corrected chi connectivity index (χ2v) is 11.2. The normalized spacial score (nSPS) is 17.4. The Morgan fingerprint density at radius 1 is 1.15 bits per heavy atom. The van der Waals surface area contributed by atoms with Crippen LogP contribution < -0.4 is 15.8 Å². The average Bonchev–Trinajstić information content (AvgIpc) is 2.92. The molecule has 40 heavy (non-hydrogen) atoms. The number of hydrogen-bond acceptors (Lipinski definition) is 8. The molecule has 0 saturated carbocycles. The van der Waals surface area contributed by atoms with Gasteiger partial charge in [0.2, 0.25) is 5.91 Å². The molecule has 0 bridgehead atoms. The van der Waals surface area contributed by atoms with Gasteiger partial charge in [-0.15, -0.1) is 0 Å². The third-order valence-corrected chi connectivity index (χ3v) is 7.09. The summed E-state index contributed by atoms with van der Waals surface area (Å²) < 4.78 is 17.2. The van der Waals surface area contributed by atoms with Gasteiger partial charge in [0.25, 0.3) is 0 Å². The lowest BCUT2D eigenvalue weighted by Crippen LogP contribution is -2.50. The summed E-state index contributed by atoms with van der Waals surface area (Å²) in [4.78, 5) is 31.4. The van der Waals surface area contributed by atoms with Crippen LogP contribution in [-0.2, 0) is 25.6 Å². The van der Waals surface area contributed by atoms with Crippen molar-refractivity contribution < 1.29 is 28.9 Å². The number of para-hydroxylation sites is 1. The maximum absolute atomic E-state index is 12.9. The molecule has 2 aromatic carbocycles. The van der Waals surface area contributed by atoms with Crippen molar-refractivity contribution in [1.82, 2.24) is 10.2 Å². The summed E-state index contributed by atoms with van der Waals surface area (Å²) >= 11 is 0. The van der Waals surface area contributed by atoms with Crippen LogP contribution in [0.15, 0.2) is 53.5 Å². The van der Waals surface area contributed by atoms with Crippen LogP contribution in [0.2, 0.25) is 0 Å². The van der Waals surface area contributed by atoms with Crippen molar-refractivity contribution in [3.05, 3.63) is 54.1 Å². The Bertz CT molecular complexity index is 1190. The molecule has 2 aromatic rings. The van der Waals surface area contributed by atoms with E-state index in [1.54, 1.807) is 0 Å². The van der Waals surface area contributed by atoms with Crippen molar-refractivity contribution in [3.63, 3.8) is 0 Å². The van der Waals surface area contributed by atoms with Gasteiger partial charge in [-0.3, -0.25) is 4.79 Å². The molecule has 2 atom stereocenters. The molecule has 2 aliphatic heterocycles. The van der Waals surface area contributed by atoms with Gasteiger partial charge in [0, 0.05) is 37.8 Å². The molecule has 4 rings (SSSR count). The van der Waals surface area contributed by atoms with Crippen LogP contribution >= 0.6 is 0 Å². The van der Waals surface area contributed by atoms with Gasteiger partial charge < -0.3 is 35.3 Å². The van der Waals surface area contributed by atoms with E-state index in [4.69, 9.17) is 19.9 Å². The van der Waals surface area contributed by atoms with E-state index in [0.717, 1.165) is 29.8 Å². The smallest absolute Gasteiger partial charge is 0.328 e. The SMILES string of the molecule is CC(C)(C)OC[C@@H](NC(=O)CC[C@@H](C1CCOCC1)N1Cc2cc(Oc3ccccc3)ccc2N=C1N)C(=O)O. The Balaban J connectivity index is 1.46. The largest absolute Gasteiger partial charge is 0.480 e. The summed E-state index contributed by atoms with van der Waals surface area (Å²) in [5, 5.41) is 12.2. The second kappa shape index (κ2) is 13.1. The lowest BCUT2D eigenvalue weighted by atomic mass is 9.87. The van der Waals surface area contributed by atoms with Gasteiger partial charge in [0.05, 0.1) is 17.9 Å². The highest BCUT2D eigenvalue weighted by Gasteiger charge is 2.33. The first-order chi connectivity index (χ1) is 19.1. The number of carbonyl (C=O) groups is 2. The van der Waals surface area contributed by atoms with Gasteiger partial charge in [-0.05, 0) is 76.3 Å². The fourth-order valence-corrected chi connectivity index (χ4v) is 5.03. The molecule has 2 aliphatic rings. The first kappa shape index (κ1) is 29.4. The maximum atomic E-state index is 12.9. The van der Waals surface area contributed by atoms with E-state index in [1.165, 1.54) is 0 Å². The monoisotopic (exact) mass is 552 g/mol. The molecule has 0 unspecified atom stereocenters. The number of amides is 1.